The minimum atomic E-state index is 0. The highest BCUT2D eigenvalue weighted by Gasteiger charge is 2.20. The van der Waals surface area contributed by atoms with Crippen molar-refractivity contribution < 1.29 is 0 Å². The summed E-state index contributed by atoms with van der Waals surface area (Å²) in [5.41, 5.74) is 1.36. The second-order valence-electron chi connectivity index (χ2n) is 2.96. The summed E-state index contributed by atoms with van der Waals surface area (Å²) in [4.78, 5) is 0. The summed E-state index contributed by atoms with van der Waals surface area (Å²) >= 11 is 7.01. The first-order valence-electron chi connectivity index (χ1n) is 3.96. The summed E-state index contributed by atoms with van der Waals surface area (Å²) in [5.74, 6) is 0. The Labute approximate surface area is 101 Å². The van der Waals surface area contributed by atoms with Gasteiger partial charge in [-0.25, -0.2) is 0 Å². The quantitative estimate of drug-likeness (QED) is 0.830. The van der Waals surface area contributed by atoms with Crippen LogP contribution in [0.5, 0.6) is 0 Å². The average Bonchev–Trinajstić information content (AvgIpc) is 1.93. The largest absolute Gasteiger partial charge is 0.310 e. The number of benzene rings is 1. The minimum absolute atomic E-state index is 0. The van der Waals surface area contributed by atoms with Crippen molar-refractivity contribution in [1.29, 1.82) is 0 Å². The molecule has 13 heavy (non-hydrogen) atoms. The van der Waals surface area contributed by atoms with Crippen LogP contribution in [-0.2, 0) is 0 Å². The van der Waals surface area contributed by atoms with Crippen LogP contribution in [-0.4, -0.2) is 6.54 Å². The van der Waals surface area contributed by atoms with E-state index in [4.69, 9.17) is 0 Å². The third-order valence-corrected chi connectivity index (χ3v) is 3.37. The van der Waals surface area contributed by atoms with Gasteiger partial charge in [0.25, 0.3) is 0 Å². The van der Waals surface area contributed by atoms with E-state index in [-0.39, 0.29) is 12.4 Å². The predicted molar refractivity (Wildman–Crippen MR) is 64.5 cm³/mol. The molecule has 0 aromatic heterocycles. The third kappa shape index (κ3) is 2.46. The fraction of sp³-hybridized carbons (Fsp3) is 0.333. The summed E-state index contributed by atoms with van der Waals surface area (Å²) in [6.07, 6.45) is 1.25. The lowest BCUT2D eigenvalue weighted by molar-refractivity contribution is 0.382. The first kappa shape index (κ1) is 11.5. The Morgan fingerprint density at radius 1 is 1.31 bits per heavy atom. The van der Waals surface area contributed by atoms with Crippen LogP contribution in [0.2, 0.25) is 0 Å². The standard InChI is InChI=1S/C9H9Br2N.ClH/c10-6-1-2-8(11)7(5-6)9-3-4-12-9;/h1-2,5,9,12H,3-4H2;1H/t9-;/m0./s1. The van der Waals surface area contributed by atoms with Crippen LogP contribution in [0.15, 0.2) is 27.1 Å². The van der Waals surface area contributed by atoms with Crippen molar-refractivity contribution in [3.63, 3.8) is 0 Å². The fourth-order valence-electron chi connectivity index (χ4n) is 1.34. The first-order chi connectivity index (χ1) is 5.77. The van der Waals surface area contributed by atoms with Crippen molar-refractivity contribution in [2.45, 2.75) is 12.5 Å². The molecule has 0 saturated carbocycles. The average molecular weight is 327 g/mol. The highest BCUT2D eigenvalue weighted by molar-refractivity contribution is 9.11. The second kappa shape index (κ2) is 4.78. The van der Waals surface area contributed by atoms with Crippen LogP contribution in [0, 0.1) is 0 Å². The van der Waals surface area contributed by atoms with Crippen LogP contribution in [0.1, 0.15) is 18.0 Å². The Morgan fingerprint density at radius 3 is 2.54 bits per heavy atom. The molecule has 0 unspecified atom stereocenters. The van der Waals surface area contributed by atoms with E-state index in [1.807, 2.05) is 6.07 Å². The number of nitrogens with one attached hydrogen (secondary N) is 1. The molecule has 1 aliphatic rings. The molecular weight excluding hydrogens is 317 g/mol. The third-order valence-electron chi connectivity index (χ3n) is 2.16. The van der Waals surface area contributed by atoms with Crippen molar-refractivity contribution in [2.75, 3.05) is 6.54 Å². The molecule has 1 nitrogen and oxygen atoms in total. The molecule has 0 spiro atoms. The molecule has 1 N–H and O–H groups in total. The van der Waals surface area contributed by atoms with Gasteiger partial charge in [-0.2, -0.15) is 0 Å². The van der Waals surface area contributed by atoms with Crippen molar-refractivity contribution >= 4 is 44.3 Å². The summed E-state index contributed by atoms with van der Waals surface area (Å²) in [7, 11) is 0. The molecule has 1 aromatic rings. The summed E-state index contributed by atoms with van der Waals surface area (Å²) < 4.78 is 2.34. The Morgan fingerprint density at radius 2 is 2.00 bits per heavy atom. The smallest absolute Gasteiger partial charge is 0.0343 e. The van der Waals surface area contributed by atoms with Gasteiger partial charge >= 0.3 is 0 Å². The maximum atomic E-state index is 3.54. The topological polar surface area (TPSA) is 12.0 Å². The molecule has 4 heteroatoms. The van der Waals surface area contributed by atoms with Crippen LogP contribution in [0.4, 0.5) is 0 Å². The maximum absolute atomic E-state index is 3.54. The van der Waals surface area contributed by atoms with Gasteiger partial charge in [-0.05, 0) is 36.7 Å². The molecule has 1 heterocycles. The monoisotopic (exact) mass is 325 g/mol. The highest BCUT2D eigenvalue weighted by atomic mass is 79.9. The molecule has 1 atom stereocenters. The molecular formula is C9H10Br2ClN. The van der Waals surface area contributed by atoms with Gasteiger partial charge in [0.05, 0.1) is 0 Å². The van der Waals surface area contributed by atoms with Crippen LogP contribution >= 0.6 is 44.3 Å². The zero-order chi connectivity index (χ0) is 8.55. The normalized spacial score (nSPS) is 20.3. The molecule has 0 radical (unpaired) electrons. The highest BCUT2D eigenvalue weighted by Crippen LogP contribution is 2.31. The summed E-state index contributed by atoms with van der Waals surface area (Å²) in [6.45, 7) is 1.14. The van der Waals surface area contributed by atoms with Gasteiger partial charge in [0.1, 0.15) is 0 Å². The number of hydrogen-bond donors (Lipinski definition) is 1. The zero-order valence-corrected chi connectivity index (χ0v) is 10.9. The van der Waals surface area contributed by atoms with Crippen LogP contribution in [0.3, 0.4) is 0 Å². The van der Waals surface area contributed by atoms with Gasteiger partial charge in [0.2, 0.25) is 0 Å². The van der Waals surface area contributed by atoms with E-state index in [0.717, 1.165) is 11.0 Å². The number of halogens is 3. The minimum Gasteiger partial charge on any atom is -0.310 e. The molecule has 72 valence electrons. The Hall–Kier alpha value is 0.430. The Kier molecular flexibility index (Phi) is 4.23. The van der Waals surface area contributed by atoms with Gasteiger partial charge < -0.3 is 5.32 Å². The maximum Gasteiger partial charge on any atom is 0.0343 e. The molecule has 1 aromatic carbocycles. The van der Waals surface area contributed by atoms with E-state index in [9.17, 15) is 0 Å². The van der Waals surface area contributed by atoms with Crippen LogP contribution < -0.4 is 5.32 Å². The molecule has 2 rings (SSSR count). The van der Waals surface area contributed by atoms with E-state index in [1.165, 1.54) is 16.5 Å². The van der Waals surface area contributed by atoms with E-state index < -0.39 is 0 Å². The van der Waals surface area contributed by atoms with Crippen molar-refractivity contribution in [3.8, 4) is 0 Å². The lowest BCUT2D eigenvalue weighted by atomic mass is 9.98. The fourth-order valence-corrected chi connectivity index (χ4v) is 2.24. The second-order valence-corrected chi connectivity index (χ2v) is 4.73. The van der Waals surface area contributed by atoms with Crippen molar-refractivity contribution in [1.82, 2.24) is 5.32 Å². The lowest BCUT2D eigenvalue weighted by Gasteiger charge is -2.29. The number of rotatable bonds is 1. The molecule has 0 amide bonds. The zero-order valence-electron chi connectivity index (χ0n) is 6.89. The first-order valence-corrected chi connectivity index (χ1v) is 5.54. The summed E-state index contributed by atoms with van der Waals surface area (Å²) in [6, 6.07) is 6.85. The van der Waals surface area contributed by atoms with E-state index in [1.54, 1.807) is 0 Å². The van der Waals surface area contributed by atoms with Crippen LogP contribution in [0.25, 0.3) is 0 Å². The van der Waals surface area contributed by atoms with Gasteiger partial charge in [-0.3, -0.25) is 0 Å². The number of hydrogen-bond acceptors (Lipinski definition) is 1. The van der Waals surface area contributed by atoms with E-state index >= 15 is 0 Å². The van der Waals surface area contributed by atoms with Gasteiger partial charge in [-0.1, -0.05) is 31.9 Å². The van der Waals surface area contributed by atoms with Crippen molar-refractivity contribution in [3.05, 3.63) is 32.7 Å². The van der Waals surface area contributed by atoms with E-state index in [2.05, 4.69) is 49.3 Å². The van der Waals surface area contributed by atoms with Crippen molar-refractivity contribution in [2.24, 2.45) is 0 Å². The molecule has 0 bridgehead atoms. The van der Waals surface area contributed by atoms with Gasteiger partial charge in [-0.15, -0.1) is 12.4 Å². The SMILES string of the molecule is Brc1ccc(Br)c([C@@H]2CCN2)c1.Cl. The van der Waals surface area contributed by atoms with Gasteiger partial charge in [0, 0.05) is 15.0 Å². The Bertz CT molecular complexity index is 300. The van der Waals surface area contributed by atoms with Gasteiger partial charge in [0.15, 0.2) is 0 Å². The molecule has 1 saturated heterocycles. The molecule has 0 aliphatic carbocycles. The molecule has 1 fully saturated rings. The molecule has 1 aliphatic heterocycles. The lowest BCUT2D eigenvalue weighted by Crippen LogP contribution is -2.35. The Balaban J connectivity index is 0.000000845. The van der Waals surface area contributed by atoms with E-state index in [0.29, 0.717) is 6.04 Å². The summed E-state index contributed by atoms with van der Waals surface area (Å²) in [5, 5.41) is 3.38. The predicted octanol–water partition coefficient (Wildman–Crippen LogP) is 3.67.